The quantitative estimate of drug-likeness (QED) is 0.662. The number of ether oxygens (including phenoxy) is 1. The van der Waals surface area contributed by atoms with E-state index in [1.807, 2.05) is 19.1 Å². The summed E-state index contributed by atoms with van der Waals surface area (Å²) in [6, 6.07) is 13.4. The van der Waals surface area contributed by atoms with Crippen molar-refractivity contribution in [1.29, 1.82) is 0 Å². The molecule has 2 rings (SSSR count). The minimum absolute atomic E-state index is 0.0692. The van der Waals surface area contributed by atoms with Crippen molar-refractivity contribution >= 4 is 11.7 Å². The highest BCUT2D eigenvalue weighted by atomic mass is 19.3. The first-order valence-corrected chi connectivity index (χ1v) is 8.22. The summed E-state index contributed by atoms with van der Waals surface area (Å²) in [5, 5.41) is 0. The lowest BCUT2D eigenvalue weighted by atomic mass is 10.0. The van der Waals surface area contributed by atoms with E-state index in [1.165, 1.54) is 17.0 Å². The molecule has 0 saturated heterocycles. The second-order valence-electron chi connectivity index (χ2n) is 6.06. The van der Waals surface area contributed by atoms with Crippen LogP contribution in [0.15, 0.2) is 48.5 Å². The maximum atomic E-state index is 12.2. The highest BCUT2D eigenvalue weighted by molar-refractivity contribution is 5.97. The van der Waals surface area contributed by atoms with Crippen LogP contribution in [0.1, 0.15) is 34.3 Å². The first-order valence-electron chi connectivity index (χ1n) is 8.22. The Balaban J connectivity index is 1.83. The van der Waals surface area contributed by atoms with Gasteiger partial charge in [0.2, 0.25) is 5.91 Å². The molecule has 4 nitrogen and oxygen atoms in total. The minimum atomic E-state index is -2.86. The average molecular weight is 361 g/mol. The smallest absolute Gasteiger partial charge is 0.387 e. The van der Waals surface area contributed by atoms with E-state index in [-0.39, 0.29) is 30.3 Å². The summed E-state index contributed by atoms with van der Waals surface area (Å²) in [7, 11) is 1.64. The molecule has 138 valence electrons. The normalized spacial score (nSPS) is 10.7. The third-order valence-electron chi connectivity index (χ3n) is 3.93. The third kappa shape index (κ3) is 5.95. The van der Waals surface area contributed by atoms with Crippen molar-refractivity contribution in [3.63, 3.8) is 0 Å². The molecule has 0 aromatic heterocycles. The molecule has 6 heteroatoms. The molecular formula is C20H21F2NO3. The lowest BCUT2D eigenvalue weighted by Crippen LogP contribution is -2.26. The van der Waals surface area contributed by atoms with Crippen LogP contribution >= 0.6 is 0 Å². The van der Waals surface area contributed by atoms with E-state index in [0.717, 1.165) is 11.1 Å². The summed E-state index contributed by atoms with van der Waals surface area (Å²) >= 11 is 0. The van der Waals surface area contributed by atoms with E-state index in [9.17, 15) is 18.4 Å². The highest BCUT2D eigenvalue weighted by Gasteiger charge is 2.13. The zero-order valence-corrected chi connectivity index (χ0v) is 14.7. The number of aryl methyl sites for hydroxylation is 1. The molecular weight excluding hydrogens is 340 g/mol. The third-order valence-corrected chi connectivity index (χ3v) is 3.93. The summed E-state index contributed by atoms with van der Waals surface area (Å²) < 4.78 is 28.5. The van der Waals surface area contributed by atoms with Crippen LogP contribution in [0, 0.1) is 6.92 Å². The summed E-state index contributed by atoms with van der Waals surface area (Å²) in [6.45, 7) is -0.595. The molecule has 2 aromatic rings. The molecule has 26 heavy (non-hydrogen) atoms. The van der Waals surface area contributed by atoms with Gasteiger partial charge in [0, 0.05) is 32.0 Å². The first kappa shape index (κ1) is 19.6. The number of halogens is 2. The Kier molecular flexibility index (Phi) is 6.83. The van der Waals surface area contributed by atoms with Crippen LogP contribution in [0.4, 0.5) is 8.78 Å². The van der Waals surface area contributed by atoms with Gasteiger partial charge in [-0.1, -0.05) is 42.0 Å². The van der Waals surface area contributed by atoms with E-state index in [1.54, 1.807) is 31.3 Å². The molecule has 2 aromatic carbocycles. The van der Waals surface area contributed by atoms with Gasteiger partial charge >= 0.3 is 6.61 Å². The van der Waals surface area contributed by atoms with E-state index in [4.69, 9.17) is 0 Å². The van der Waals surface area contributed by atoms with Gasteiger partial charge in [0.1, 0.15) is 5.75 Å². The van der Waals surface area contributed by atoms with Gasteiger partial charge in [0.05, 0.1) is 0 Å². The molecule has 0 atom stereocenters. The minimum Gasteiger partial charge on any atom is -0.435 e. The number of hydrogen-bond donors (Lipinski definition) is 0. The molecule has 0 bridgehead atoms. The summed E-state index contributed by atoms with van der Waals surface area (Å²) in [5.41, 5.74) is 2.45. The zero-order chi connectivity index (χ0) is 19.1. The standard InChI is InChI=1S/C20H21F2NO3/c1-14-3-7-16(8-4-14)18(24)11-12-19(25)23(2)13-15-5-9-17(10-6-15)26-20(21)22/h3-10,20H,11-13H2,1-2H3. The van der Waals surface area contributed by atoms with Gasteiger partial charge < -0.3 is 9.64 Å². The molecule has 0 saturated carbocycles. The van der Waals surface area contributed by atoms with E-state index in [0.29, 0.717) is 12.1 Å². The zero-order valence-electron chi connectivity index (χ0n) is 14.7. The number of ketones is 1. The average Bonchev–Trinajstić information content (AvgIpc) is 2.61. The van der Waals surface area contributed by atoms with Gasteiger partial charge in [-0.25, -0.2) is 0 Å². The number of alkyl halides is 2. The lowest BCUT2D eigenvalue weighted by molar-refractivity contribution is -0.130. The maximum Gasteiger partial charge on any atom is 0.387 e. The van der Waals surface area contributed by atoms with Crippen molar-refractivity contribution in [2.45, 2.75) is 32.9 Å². The molecule has 0 N–H and O–H groups in total. The lowest BCUT2D eigenvalue weighted by Gasteiger charge is -2.17. The largest absolute Gasteiger partial charge is 0.435 e. The maximum absolute atomic E-state index is 12.2. The van der Waals surface area contributed by atoms with Gasteiger partial charge in [0.25, 0.3) is 0 Å². The Morgan fingerprint density at radius 2 is 1.62 bits per heavy atom. The molecule has 0 aliphatic heterocycles. The number of nitrogens with zero attached hydrogens (tertiary/aromatic N) is 1. The van der Waals surface area contributed by atoms with Crippen molar-refractivity contribution < 1.29 is 23.1 Å². The van der Waals surface area contributed by atoms with Crippen LogP contribution < -0.4 is 4.74 Å². The topological polar surface area (TPSA) is 46.6 Å². The Morgan fingerprint density at radius 3 is 2.19 bits per heavy atom. The van der Waals surface area contributed by atoms with Crippen LogP contribution in [0.25, 0.3) is 0 Å². The molecule has 0 fully saturated rings. The van der Waals surface area contributed by atoms with Crippen LogP contribution in [0.3, 0.4) is 0 Å². The Labute approximate surface area is 151 Å². The molecule has 0 heterocycles. The van der Waals surface area contributed by atoms with Crippen LogP contribution in [-0.4, -0.2) is 30.2 Å². The number of Topliss-reactive ketones (excluding diaryl/α,β-unsaturated/α-hetero) is 1. The number of carbonyl (C=O) groups excluding carboxylic acids is 2. The SMILES string of the molecule is Cc1ccc(C(=O)CCC(=O)N(C)Cc2ccc(OC(F)F)cc2)cc1. The van der Waals surface area contributed by atoms with E-state index < -0.39 is 6.61 Å². The van der Waals surface area contributed by atoms with E-state index in [2.05, 4.69) is 4.74 Å². The second-order valence-corrected chi connectivity index (χ2v) is 6.06. The van der Waals surface area contributed by atoms with Gasteiger partial charge in [-0.05, 0) is 24.6 Å². The number of hydrogen-bond acceptors (Lipinski definition) is 3. The van der Waals surface area contributed by atoms with Crippen molar-refractivity contribution in [1.82, 2.24) is 4.90 Å². The number of amides is 1. The molecule has 0 aliphatic carbocycles. The Morgan fingerprint density at radius 1 is 1.00 bits per heavy atom. The van der Waals surface area contributed by atoms with Gasteiger partial charge in [-0.15, -0.1) is 0 Å². The van der Waals surface area contributed by atoms with Crippen LogP contribution in [-0.2, 0) is 11.3 Å². The predicted octanol–water partition coefficient (Wildman–Crippen LogP) is 4.22. The van der Waals surface area contributed by atoms with Crippen molar-refractivity contribution in [2.24, 2.45) is 0 Å². The summed E-state index contributed by atoms with van der Waals surface area (Å²) in [4.78, 5) is 25.8. The monoisotopic (exact) mass is 361 g/mol. The van der Waals surface area contributed by atoms with Crippen LogP contribution in [0.5, 0.6) is 5.75 Å². The fraction of sp³-hybridized carbons (Fsp3) is 0.300. The molecule has 0 unspecified atom stereocenters. The molecule has 0 aliphatic rings. The van der Waals surface area contributed by atoms with Crippen molar-refractivity contribution in [3.05, 3.63) is 65.2 Å². The molecule has 0 radical (unpaired) electrons. The van der Waals surface area contributed by atoms with Gasteiger partial charge in [-0.3, -0.25) is 9.59 Å². The highest BCUT2D eigenvalue weighted by Crippen LogP contribution is 2.16. The summed E-state index contributed by atoms with van der Waals surface area (Å²) in [5.74, 6) is -0.153. The van der Waals surface area contributed by atoms with Gasteiger partial charge in [-0.2, -0.15) is 8.78 Å². The van der Waals surface area contributed by atoms with Crippen molar-refractivity contribution in [3.8, 4) is 5.75 Å². The number of benzene rings is 2. The predicted molar refractivity (Wildman–Crippen MR) is 94.3 cm³/mol. The molecule has 0 spiro atoms. The first-order chi connectivity index (χ1) is 12.3. The fourth-order valence-electron chi connectivity index (χ4n) is 2.43. The number of carbonyl (C=O) groups is 2. The fourth-order valence-corrected chi connectivity index (χ4v) is 2.43. The van der Waals surface area contributed by atoms with Crippen molar-refractivity contribution in [2.75, 3.05) is 7.05 Å². The summed E-state index contributed by atoms with van der Waals surface area (Å²) in [6.07, 6.45) is 0.267. The van der Waals surface area contributed by atoms with Crippen LogP contribution in [0.2, 0.25) is 0 Å². The van der Waals surface area contributed by atoms with E-state index >= 15 is 0 Å². The van der Waals surface area contributed by atoms with Gasteiger partial charge in [0.15, 0.2) is 5.78 Å². The Hall–Kier alpha value is -2.76. The number of rotatable bonds is 8. The molecule has 1 amide bonds. The Bertz CT molecular complexity index is 743. The second kappa shape index (κ2) is 9.08.